The van der Waals surface area contributed by atoms with Crippen molar-refractivity contribution in [3.05, 3.63) is 0 Å². The first-order chi connectivity index (χ1) is 5.56. The van der Waals surface area contributed by atoms with Crippen LogP contribution in [0.25, 0.3) is 0 Å². The van der Waals surface area contributed by atoms with Gasteiger partial charge in [0.1, 0.15) is 0 Å². The van der Waals surface area contributed by atoms with Gasteiger partial charge in [0, 0.05) is 13.2 Å². The predicted octanol–water partition coefficient (Wildman–Crippen LogP) is 2.05. The fourth-order valence-electron chi connectivity index (χ4n) is 1.18. The summed E-state index contributed by atoms with van der Waals surface area (Å²) in [7, 11) is 1.77. The Labute approximate surface area is 76.7 Å². The third kappa shape index (κ3) is 6.62. The zero-order chi connectivity index (χ0) is 9.56. The zero-order valence-corrected chi connectivity index (χ0v) is 9.05. The summed E-state index contributed by atoms with van der Waals surface area (Å²) in [5, 5.41) is 3.42. The predicted molar refractivity (Wildman–Crippen MR) is 53.4 cm³/mol. The normalized spacial score (nSPS) is 16.5. The summed E-state index contributed by atoms with van der Waals surface area (Å²) in [4.78, 5) is 0. The fourth-order valence-corrected chi connectivity index (χ4v) is 1.18. The fraction of sp³-hybridized carbons (Fsp3) is 1.00. The first kappa shape index (κ1) is 11.9. The van der Waals surface area contributed by atoms with Crippen molar-refractivity contribution >= 4 is 0 Å². The highest BCUT2D eigenvalue weighted by atomic mass is 16.5. The van der Waals surface area contributed by atoms with E-state index in [0.29, 0.717) is 18.1 Å². The molecule has 0 fully saturated rings. The third-order valence-electron chi connectivity index (χ3n) is 2.01. The summed E-state index contributed by atoms with van der Waals surface area (Å²) in [6.07, 6.45) is 1.52. The van der Waals surface area contributed by atoms with Gasteiger partial charge in [0.05, 0.1) is 6.10 Å². The summed E-state index contributed by atoms with van der Waals surface area (Å²) >= 11 is 0. The van der Waals surface area contributed by atoms with Crippen molar-refractivity contribution in [3.8, 4) is 0 Å². The van der Waals surface area contributed by atoms with Crippen molar-refractivity contribution in [2.45, 2.75) is 46.3 Å². The number of hydrogen-bond donors (Lipinski definition) is 1. The van der Waals surface area contributed by atoms with Crippen LogP contribution in [0, 0.1) is 5.92 Å². The molecule has 0 spiro atoms. The van der Waals surface area contributed by atoms with Crippen LogP contribution in [0.15, 0.2) is 0 Å². The largest absolute Gasteiger partial charge is 0.382 e. The van der Waals surface area contributed by atoms with Gasteiger partial charge in [-0.05, 0) is 25.8 Å². The maximum absolute atomic E-state index is 5.20. The second kappa shape index (κ2) is 6.44. The molecule has 0 aliphatic rings. The molecule has 0 aliphatic heterocycles. The highest BCUT2D eigenvalue weighted by Crippen LogP contribution is 2.06. The molecule has 0 saturated heterocycles. The number of rotatable bonds is 6. The van der Waals surface area contributed by atoms with Crippen molar-refractivity contribution in [1.29, 1.82) is 0 Å². The zero-order valence-electron chi connectivity index (χ0n) is 9.05. The minimum Gasteiger partial charge on any atom is -0.382 e. The van der Waals surface area contributed by atoms with E-state index in [-0.39, 0.29) is 0 Å². The van der Waals surface area contributed by atoms with Crippen LogP contribution in [0.1, 0.15) is 34.1 Å². The van der Waals surface area contributed by atoms with Crippen molar-refractivity contribution in [1.82, 2.24) is 5.32 Å². The molecule has 0 amide bonds. The second-order valence-corrected chi connectivity index (χ2v) is 3.95. The van der Waals surface area contributed by atoms with Crippen LogP contribution in [0.2, 0.25) is 0 Å². The Kier molecular flexibility index (Phi) is 6.39. The van der Waals surface area contributed by atoms with Crippen molar-refractivity contribution in [2.24, 2.45) is 5.92 Å². The quantitative estimate of drug-likeness (QED) is 0.663. The highest BCUT2D eigenvalue weighted by Gasteiger charge is 2.07. The van der Waals surface area contributed by atoms with Crippen LogP contribution in [0.3, 0.4) is 0 Å². The van der Waals surface area contributed by atoms with E-state index in [1.807, 2.05) is 0 Å². The minimum atomic E-state index is 0.383. The molecule has 74 valence electrons. The van der Waals surface area contributed by atoms with Crippen LogP contribution < -0.4 is 5.32 Å². The number of ether oxygens (including phenoxy) is 1. The molecular weight excluding hydrogens is 150 g/mol. The third-order valence-corrected chi connectivity index (χ3v) is 2.01. The average molecular weight is 173 g/mol. The monoisotopic (exact) mass is 173 g/mol. The molecule has 0 radical (unpaired) electrons. The molecule has 0 aromatic rings. The van der Waals surface area contributed by atoms with Gasteiger partial charge >= 0.3 is 0 Å². The highest BCUT2D eigenvalue weighted by molar-refractivity contribution is 4.63. The summed E-state index contributed by atoms with van der Waals surface area (Å²) in [5.41, 5.74) is 0. The van der Waals surface area contributed by atoms with E-state index in [9.17, 15) is 0 Å². The van der Waals surface area contributed by atoms with E-state index in [0.717, 1.165) is 13.0 Å². The SMILES string of the molecule is COC(C)CC(C)CNC(C)C. The molecule has 0 rings (SSSR count). The Morgan fingerprint density at radius 2 is 1.75 bits per heavy atom. The van der Waals surface area contributed by atoms with Crippen molar-refractivity contribution in [3.63, 3.8) is 0 Å². The van der Waals surface area contributed by atoms with E-state index in [1.165, 1.54) is 0 Å². The Morgan fingerprint density at radius 1 is 1.17 bits per heavy atom. The lowest BCUT2D eigenvalue weighted by molar-refractivity contribution is 0.0969. The van der Waals surface area contributed by atoms with E-state index in [4.69, 9.17) is 4.74 Å². The summed E-state index contributed by atoms with van der Waals surface area (Å²) in [5.74, 6) is 0.697. The molecule has 12 heavy (non-hydrogen) atoms. The number of methoxy groups -OCH3 is 1. The Hall–Kier alpha value is -0.0800. The lowest BCUT2D eigenvalue weighted by atomic mass is 10.0. The van der Waals surface area contributed by atoms with Gasteiger partial charge in [-0.2, -0.15) is 0 Å². The first-order valence-electron chi connectivity index (χ1n) is 4.82. The van der Waals surface area contributed by atoms with Crippen LogP contribution in [0.5, 0.6) is 0 Å². The van der Waals surface area contributed by atoms with Gasteiger partial charge in [-0.1, -0.05) is 20.8 Å². The van der Waals surface area contributed by atoms with E-state index < -0.39 is 0 Å². The molecule has 2 unspecified atom stereocenters. The van der Waals surface area contributed by atoms with Crippen LogP contribution >= 0.6 is 0 Å². The van der Waals surface area contributed by atoms with E-state index in [2.05, 4.69) is 33.0 Å². The molecule has 0 heterocycles. The van der Waals surface area contributed by atoms with Gasteiger partial charge in [0.25, 0.3) is 0 Å². The summed E-state index contributed by atoms with van der Waals surface area (Å²) in [6.45, 7) is 9.81. The molecule has 0 aromatic carbocycles. The van der Waals surface area contributed by atoms with Crippen LogP contribution in [-0.2, 0) is 4.74 Å². The maximum atomic E-state index is 5.20. The lowest BCUT2D eigenvalue weighted by Crippen LogP contribution is -2.29. The van der Waals surface area contributed by atoms with Gasteiger partial charge in [-0.25, -0.2) is 0 Å². The van der Waals surface area contributed by atoms with Crippen molar-refractivity contribution < 1.29 is 4.74 Å². The molecule has 2 nitrogen and oxygen atoms in total. The molecule has 0 bridgehead atoms. The van der Waals surface area contributed by atoms with E-state index >= 15 is 0 Å². The second-order valence-electron chi connectivity index (χ2n) is 3.95. The Balaban J connectivity index is 3.39. The average Bonchev–Trinajstić information content (AvgIpc) is 2.00. The van der Waals surface area contributed by atoms with Crippen LogP contribution in [0.4, 0.5) is 0 Å². The van der Waals surface area contributed by atoms with Gasteiger partial charge in [0.2, 0.25) is 0 Å². The molecule has 0 aromatic heterocycles. The molecule has 1 N–H and O–H groups in total. The van der Waals surface area contributed by atoms with Gasteiger partial charge in [-0.15, -0.1) is 0 Å². The molecule has 2 atom stereocenters. The molecule has 0 saturated carbocycles. The summed E-state index contributed by atoms with van der Waals surface area (Å²) in [6, 6.07) is 0.588. The van der Waals surface area contributed by atoms with Gasteiger partial charge in [-0.3, -0.25) is 0 Å². The molecule has 2 heteroatoms. The molecular formula is C10H23NO. The number of nitrogens with one attached hydrogen (secondary N) is 1. The minimum absolute atomic E-state index is 0.383. The maximum Gasteiger partial charge on any atom is 0.0546 e. The van der Waals surface area contributed by atoms with Crippen molar-refractivity contribution in [2.75, 3.05) is 13.7 Å². The number of hydrogen-bond acceptors (Lipinski definition) is 2. The van der Waals surface area contributed by atoms with Gasteiger partial charge in [0.15, 0.2) is 0 Å². The van der Waals surface area contributed by atoms with E-state index in [1.54, 1.807) is 7.11 Å². The molecule has 0 aliphatic carbocycles. The summed E-state index contributed by atoms with van der Waals surface area (Å²) < 4.78 is 5.20. The topological polar surface area (TPSA) is 21.3 Å². The Bertz CT molecular complexity index is 104. The lowest BCUT2D eigenvalue weighted by Gasteiger charge is -2.17. The van der Waals surface area contributed by atoms with Gasteiger partial charge < -0.3 is 10.1 Å². The first-order valence-corrected chi connectivity index (χ1v) is 4.82. The Morgan fingerprint density at radius 3 is 2.17 bits per heavy atom. The standard InChI is InChI=1S/C10H23NO/c1-8(2)11-7-9(3)6-10(4)12-5/h8-11H,6-7H2,1-5H3. The smallest absolute Gasteiger partial charge is 0.0546 e. The van der Waals surface area contributed by atoms with Crippen LogP contribution in [-0.4, -0.2) is 25.8 Å².